The third kappa shape index (κ3) is 3.47. The summed E-state index contributed by atoms with van der Waals surface area (Å²) in [6, 6.07) is 6.98. The SMILES string of the molecule is Cc1ccc(C)c(OCCN2CCNC[C@@H]2C)c1. The van der Waals surface area contributed by atoms with Crippen LogP contribution in [0.1, 0.15) is 18.1 Å². The van der Waals surface area contributed by atoms with E-state index in [0.717, 1.165) is 38.5 Å². The summed E-state index contributed by atoms with van der Waals surface area (Å²) in [5, 5.41) is 3.41. The lowest BCUT2D eigenvalue weighted by atomic mass is 10.1. The van der Waals surface area contributed by atoms with Crippen LogP contribution in [0.5, 0.6) is 5.75 Å². The van der Waals surface area contributed by atoms with Gasteiger partial charge in [-0.05, 0) is 38.0 Å². The molecule has 1 aromatic carbocycles. The minimum Gasteiger partial charge on any atom is -0.492 e. The first-order valence-corrected chi connectivity index (χ1v) is 6.81. The molecule has 0 saturated carbocycles. The van der Waals surface area contributed by atoms with E-state index in [-0.39, 0.29) is 0 Å². The Morgan fingerprint density at radius 1 is 1.39 bits per heavy atom. The molecule has 1 saturated heterocycles. The summed E-state index contributed by atoms with van der Waals surface area (Å²) < 4.78 is 5.91. The number of ether oxygens (including phenoxy) is 1. The average Bonchev–Trinajstić information content (AvgIpc) is 2.36. The van der Waals surface area contributed by atoms with Crippen molar-refractivity contribution in [2.75, 3.05) is 32.8 Å². The van der Waals surface area contributed by atoms with E-state index in [2.05, 4.69) is 49.2 Å². The lowest BCUT2D eigenvalue weighted by Gasteiger charge is -2.33. The van der Waals surface area contributed by atoms with Crippen LogP contribution in [0.25, 0.3) is 0 Å². The smallest absolute Gasteiger partial charge is 0.122 e. The Morgan fingerprint density at radius 3 is 3.00 bits per heavy atom. The van der Waals surface area contributed by atoms with E-state index in [4.69, 9.17) is 4.74 Å². The van der Waals surface area contributed by atoms with Crippen LogP contribution < -0.4 is 10.1 Å². The number of rotatable bonds is 4. The van der Waals surface area contributed by atoms with Crippen LogP contribution in [-0.2, 0) is 0 Å². The van der Waals surface area contributed by atoms with Crippen LogP contribution in [0.15, 0.2) is 18.2 Å². The van der Waals surface area contributed by atoms with Crippen molar-refractivity contribution in [1.82, 2.24) is 10.2 Å². The van der Waals surface area contributed by atoms with Gasteiger partial charge in [0.05, 0.1) is 0 Å². The molecule has 1 N–H and O–H groups in total. The molecule has 0 aliphatic carbocycles. The molecule has 0 spiro atoms. The molecule has 1 aromatic rings. The predicted molar refractivity (Wildman–Crippen MR) is 75.3 cm³/mol. The van der Waals surface area contributed by atoms with Gasteiger partial charge >= 0.3 is 0 Å². The van der Waals surface area contributed by atoms with Gasteiger partial charge in [-0.3, -0.25) is 4.90 Å². The molecule has 1 atom stereocenters. The van der Waals surface area contributed by atoms with E-state index in [1.165, 1.54) is 11.1 Å². The van der Waals surface area contributed by atoms with Crippen molar-refractivity contribution >= 4 is 0 Å². The van der Waals surface area contributed by atoms with E-state index in [1.54, 1.807) is 0 Å². The molecule has 3 nitrogen and oxygen atoms in total. The van der Waals surface area contributed by atoms with Gasteiger partial charge in [0.25, 0.3) is 0 Å². The molecular formula is C15H24N2O. The van der Waals surface area contributed by atoms with E-state index < -0.39 is 0 Å². The van der Waals surface area contributed by atoms with Crippen molar-refractivity contribution < 1.29 is 4.74 Å². The van der Waals surface area contributed by atoms with Crippen molar-refractivity contribution in [3.05, 3.63) is 29.3 Å². The second-order valence-electron chi connectivity index (χ2n) is 5.21. The van der Waals surface area contributed by atoms with Crippen molar-refractivity contribution in [1.29, 1.82) is 0 Å². The number of benzene rings is 1. The summed E-state index contributed by atoms with van der Waals surface area (Å²) >= 11 is 0. The van der Waals surface area contributed by atoms with Crippen molar-refractivity contribution in [2.24, 2.45) is 0 Å². The summed E-state index contributed by atoms with van der Waals surface area (Å²) in [4.78, 5) is 2.49. The molecule has 1 aliphatic heterocycles. The molecule has 1 heterocycles. The van der Waals surface area contributed by atoms with Crippen LogP contribution in [0, 0.1) is 13.8 Å². The highest BCUT2D eigenvalue weighted by atomic mass is 16.5. The summed E-state index contributed by atoms with van der Waals surface area (Å²) in [6.07, 6.45) is 0. The maximum atomic E-state index is 5.91. The lowest BCUT2D eigenvalue weighted by Crippen LogP contribution is -2.50. The van der Waals surface area contributed by atoms with E-state index in [9.17, 15) is 0 Å². The molecule has 3 heteroatoms. The van der Waals surface area contributed by atoms with Crippen molar-refractivity contribution in [2.45, 2.75) is 26.8 Å². The van der Waals surface area contributed by atoms with Gasteiger partial charge < -0.3 is 10.1 Å². The van der Waals surface area contributed by atoms with Gasteiger partial charge in [0.15, 0.2) is 0 Å². The molecule has 100 valence electrons. The van der Waals surface area contributed by atoms with Crippen LogP contribution in [-0.4, -0.2) is 43.7 Å². The lowest BCUT2D eigenvalue weighted by molar-refractivity contribution is 0.143. The second-order valence-corrected chi connectivity index (χ2v) is 5.21. The summed E-state index contributed by atoms with van der Waals surface area (Å²) in [5.41, 5.74) is 2.47. The van der Waals surface area contributed by atoms with Gasteiger partial charge in [-0.25, -0.2) is 0 Å². The molecule has 0 radical (unpaired) electrons. The van der Waals surface area contributed by atoms with Gasteiger partial charge in [0, 0.05) is 32.2 Å². The molecule has 1 fully saturated rings. The Balaban J connectivity index is 1.82. The predicted octanol–water partition coefficient (Wildman–Crippen LogP) is 1.98. The summed E-state index contributed by atoms with van der Waals surface area (Å²) in [6.45, 7) is 11.6. The Bertz CT molecular complexity index is 392. The normalized spacial score (nSPS) is 20.9. The zero-order valence-corrected chi connectivity index (χ0v) is 11.7. The highest BCUT2D eigenvalue weighted by molar-refractivity contribution is 5.35. The van der Waals surface area contributed by atoms with E-state index >= 15 is 0 Å². The Kier molecular flexibility index (Phi) is 4.61. The quantitative estimate of drug-likeness (QED) is 0.882. The Morgan fingerprint density at radius 2 is 2.22 bits per heavy atom. The highest BCUT2D eigenvalue weighted by Gasteiger charge is 2.17. The van der Waals surface area contributed by atoms with Crippen molar-refractivity contribution in [3.8, 4) is 5.75 Å². The van der Waals surface area contributed by atoms with Crippen LogP contribution in [0.3, 0.4) is 0 Å². The number of hydrogen-bond donors (Lipinski definition) is 1. The zero-order valence-electron chi connectivity index (χ0n) is 11.7. The van der Waals surface area contributed by atoms with E-state index in [1.807, 2.05) is 0 Å². The molecule has 18 heavy (non-hydrogen) atoms. The van der Waals surface area contributed by atoms with Gasteiger partial charge in [-0.1, -0.05) is 12.1 Å². The number of aryl methyl sites for hydroxylation is 2. The third-order valence-corrected chi connectivity index (χ3v) is 3.62. The standard InChI is InChI=1S/C15H24N2O/c1-12-4-5-13(2)15(10-12)18-9-8-17-7-6-16-11-14(17)3/h4-5,10,14,16H,6-9,11H2,1-3H3/t14-/m0/s1. The fourth-order valence-electron chi connectivity index (χ4n) is 2.35. The maximum absolute atomic E-state index is 5.91. The average molecular weight is 248 g/mol. The minimum atomic E-state index is 0.612. The molecule has 0 amide bonds. The van der Waals surface area contributed by atoms with Gasteiger partial charge in [-0.15, -0.1) is 0 Å². The van der Waals surface area contributed by atoms with Gasteiger partial charge in [-0.2, -0.15) is 0 Å². The van der Waals surface area contributed by atoms with Crippen LogP contribution in [0.4, 0.5) is 0 Å². The highest BCUT2D eigenvalue weighted by Crippen LogP contribution is 2.19. The number of hydrogen-bond acceptors (Lipinski definition) is 3. The topological polar surface area (TPSA) is 24.5 Å². The Hall–Kier alpha value is -1.06. The van der Waals surface area contributed by atoms with E-state index in [0.29, 0.717) is 6.04 Å². The monoisotopic (exact) mass is 248 g/mol. The fourth-order valence-corrected chi connectivity index (χ4v) is 2.35. The summed E-state index contributed by atoms with van der Waals surface area (Å²) in [5.74, 6) is 1.03. The zero-order chi connectivity index (χ0) is 13.0. The number of nitrogens with one attached hydrogen (secondary N) is 1. The fraction of sp³-hybridized carbons (Fsp3) is 0.600. The number of piperazine rings is 1. The molecule has 2 rings (SSSR count). The number of nitrogens with zero attached hydrogens (tertiary/aromatic N) is 1. The Labute approximate surface area is 110 Å². The maximum Gasteiger partial charge on any atom is 0.122 e. The first-order valence-electron chi connectivity index (χ1n) is 6.81. The molecule has 1 aliphatic rings. The minimum absolute atomic E-state index is 0.612. The second kappa shape index (κ2) is 6.21. The largest absolute Gasteiger partial charge is 0.492 e. The third-order valence-electron chi connectivity index (χ3n) is 3.62. The van der Waals surface area contributed by atoms with Crippen molar-refractivity contribution in [3.63, 3.8) is 0 Å². The van der Waals surface area contributed by atoms with Crippen LogP contribution in [0.2, 0.25) is 0 Å². The molecule has 0 aromatic heterocycles. The summed E-state index contributed by atoms with van der Waals surface area (Å²) in [7, 11) is 0. The molecular weight excluding hydrogens is 224 g/mol. The van der Waals surface area contributed by atoms with Crippen LogP contribution >= 0.6 is 0 Å². The molecule has 0 bridgehead atoms. The first-order chi connectivity index (χ1) is 8.66. The van der Waals surface area contributed by atoms with Gasteiger partial charge in [0.2, 0.25) is 0 Å². The first kappa shape index (κ1) is 13.4. The molecule has 0 unspecified atom stereocenters. The van der Waals surface area contributed by atoms with Gasteiger partial charge in [0.1, 0.15) is 12.4 Å².